The molecule has 0 radical (unpaired) electrons. The first kappa shape index (κ1) is 8.51. The van der Waals surface area contributed by atoms with E-state index in [1.165, 1.54) is 18.4 Å². The Kier molecular flexibility index (Phi) is 2.19. The monoisotopic (exact) mass is 177 g/mol. The van der Waals surface area contributed by atoms with E-state index in [1.807, 2.05) is 6.07 Å². The van der Waals surface area contributed by atoms with Gasteiger partial charge in [0.05, 0.1) is 17.6 Å². The molecule has 1 atom stereocenters. The van der Waals surface area contributed by atoms with E-state index in [-0.39, 0.29) is 0 Å². The number of pyridine rings is 1. The number of nitrogens with one attached hydrogen (secondary N) is 1. The molecule has 1 aromatic rings. The zero-order chi connectivity index (χ0) is 9.26. The van der Waals surface area contributed by atoms with Crippen molar-refractivity contribution in [3.05, 3.63) is 23.5 Å². The summed E-state index contributed by atoms with van der Waals surface area (Å²) in [5.74, 6) is 0. The van der Waals surface area contributed by atoms with Crippen LogP contribution in [0.15, 0.2) is 12.3 Å². The van der Waals surface area contributed by atoms with E-state index < -0.39 is 0 Å². The molecule has 0 unspecified atom stereocenters. The summed E-state index contributed by atoms with van der Waals surface area (Å²) in [6.07, 6.45) is 4.18. The highest BCUT2D eigenvalue weighted by molar-refractivity contribution is 5.40. The minimum atomic E-state index is 0.445. The number of aromatic nitrogens is 1. The van der Waals surface area contributed by atoms with Gasteiger partial charge in [0.15, 0.2) is 0 Å². The second-order valence-corrected chi connectivity index (χ2v) is 3.62. The Labute approximate surface area is 78.4 Å². The Hall–Kier alpha value is -1.09. The Morgan fingerprint density at radius 3 is 3.08 bits per heavy atom. The maximum atomic E-state index is 5.64. The van der Waals surface area contributed by atoms with Crippen molar-refractivity contribution < 1.29 is 0 Å². The summed E-state index contributed by atoms with van der Waals surface area (Å²) in [6.45, 7) is 3.18. The number of hydrogen-bond donors (Lipinski definition) is 2. The predicted molar refractivity (Wildman–Crippen MR) is 53.4 cm³/mol. The van der Waals surface area contributed by atoms with Crippen LogP contribution in [0.1, 0.15) is 30.1 Å². The van der Waals surface area contributed by atoms with E-state index in [0.29, 0.717) is 6.04 Å². The fraction of sp³-hybridized carbons (Fsp3) is 0.500. The summed E-state index contributed by atoms with van der Waals surface area (Å²) in [7, 11) is 0. The van der Waals surface area contributed by atoms with Crippen LogP contribution in [0.3, 0.4) is 0 Å². The molecule has 0 bridgehead atoms. The lowest BCUT2D eigenvalue weighted by molar-refractivity contribution is 0.623. The largest absolute Gasteiger partial charge is 0.397 e. The zero-order valence-corrected chi connectivity index (χ0v) is 7.88. The number of anilines is 1. The number of hydrogen-bond acceptors (Lipinski definition) is 3. The van der Waals surface area contributed by atoms with Gasteiger partial charge in [-0.15, -0.1) is 0 Å². The van der Waals surface area contributed by atoms with Crippen molar-refractivity contribution in [2.75, 3.05) is 12.3 Å². The maximum absolute atomic E-state index is 5.64. The van der Waals surface area contributed by atoms with Gasteiger partial charge in [-0.05, 0) is 37.9 Å². The molecule has 1 aliphatic rings. The molecule has 3 heteroatoms. The molecule has 1 saturated heterocycles. The Balaban J connectivity index is 2.29. The first-order chi connectivity index (χ1) is 6.27. The Bertz CT molecular complexity index is 303. The smallest absolute Gasteiger partial charge is 0.0603 e. The van der Waals surface area contributed by atoms with Gasteiger partial charge >= 0.3 is 0 Å². The summed E-state index contributed by atoms with van der Waals surface area (Å²) in [4.78, 5) is 4.37. The van der Waals surface area contributed by atoms with Gasteiger partial charge in [-0.1, -0.05) is 0 Å². The van der Waals surface area contributed by atoms with Crippen molar-refractivity contribution in [2.45, 2.75) is 25.8 Å². The van der Waals surface area contributed by atoms with Gasteiger partial charge in [-0.25, -0.2) is 0 Å². The highest BCUT2D eigenvalue weighted by Crippen LogP contribution is 2.24. The second-order valence-electron chi connectivity index (χ2n) is 3.62. The summed E-state index contributed by atoms with van der Waals surface area (Å²) in [6, 6.07) is 2.43. The van der Waals surface area contributed by atoms with Crippen LogP contribution in [-0.4, -0.2) is 11.5 Å². The minimum Gasteiger partial charge on any atom is -0.397 e. The van der Waals surface area contributed by atoms with Crippen LogP contribution in [0.4, 0.5) is 5.69 Å². The lowest BCUT2D eigenvalue weighted by Gasteiger charge is -2.12. The van der Waals surface area contributed by atoms with E-state index in [9.17, 15) is 0 Å². The molecule has 0 amide bonds. The molecule has 1 fully saturated rings. The molecule has 0 saturated carbocycles. The molecule has 1 aromatic heterocycles. The molecule has 70 valence electrons. The third-order valence-corrected chi connectivity index (χ3v) is 2.53. The van der Waals surface area contributed by atoms with Gasteiger partial charge in [0.1, 0.15) is 0 Å². The molecule has 3 N–H and O–H groups in total. The molecule has 1 aliphatic heterocycles. The molecular weight excluding hydrogens is 162 g/mol. The number of rotatable bonds is 1. The second kappa shape index (κ2) is 3.34. The fourth-order valence-corrected chi connectivity index (χ4v) is 1.89. The number of nitrogens with zero attached hydrogens (tertiary/aromatic N) is 1. The zero-order valence-electron chi connectivity index (χ0n) is 7.88. The molecule has 0 aromatic carbocycles. The quantitative estimate of drug-likeness (QED) is 0.681. The van der Waals surface area contributed by atoms with Gasteiger partial charge in [0.25, 0.3) is 0 Å². The van der Waals surface area contributed by atoms with Crippen LogP contribution in [0.2, 0.25) is 0 Å². The van der Waals surface area contributed by atoms with Crippen LogP contribution < -0.4 is 11.1 Å². The third-order valence-electron chi connectivity index (χ3n) is 2.53. The maximum Gasteiger partial charge on any atom is 0.0603 e. The summed E-state index contributed by atoms with van der Waals surface area (Å²) < 4.78 is 0. The van der Waals surface area contributed by atoms with Crippen molar-refractivity contribution in [2.24, 2.45) is 0 Å². The van der Waals surface area contributed by atoms with Crippen molar-refractivity contribution in [3.63, 3.8) is 0 Å². The topological polar surface area (TPSA) is 50.9 Å². The molecule has 3 nitrogen and oxygen atoms in total. The standard InChI is InChI=1S/C10H15N3/c1-7-5-8(11)6-13-10(7)9-3-2-4-12-9/h5-6,9,12H,2-4,11H2,1H3/t9-/m0/s1. The molecule has 2 heterocycles. The molecule has 0 spiro atoms. The van der Waals surface area contributed by atoms with Gasteiger partial charge in [-0.3, -0.25) is 4.98 Å². The average Bonchev–Trinajstić information content (AvgIpc) is 2.56. The van der Waals surface area contributed by atoms with Crippen molar-refractivity contribution in [1.82, 2.24) is 10.3 Å². The molecular formula is C10H15N3. The summed E-state index contributed by atoms with van der Waals surface area (Å²) in [5, 5.41) is 3.43. The van der Waals surface area contributed by atoms with Crippen LogP contribution in [0.5, 0.6) is 0 Å². The van der Waals surface area contributed by atoms with Crippen molar-refractivity contribution in [3.8, 4) is 0 Å². The van der Waals surface area contributed by atoms with E-state index in [4.69, 9.17) is 5.73 Å². The lowest BCUT2D eigenvalue weighted by Crippen LogP contribution is -2.15. The summed E-state index contributed by atoms with van der Waals surface area (Å²) in [5.41, 5.74) is 8.75. The van der Waals surface area contributed by atoms with Gasteiger partial charge in [0, 0.05) is 6.04 Å². The van der Waals surface area contributed by atoms with E-state index in [2.05, 4.69) is 17.2 Å². The first-order valence-corrected chi connectivity index (χ1v) is 4.73. The highest BCUT2D eigenvalue weighted by Gasteiger charge is 2.18. The van der Waals surface area contributed by atoms with Gasteiger partial charge < -0.3 is 11.1 Å². The number of nitrogens with two attached hydrogens (primary N) is 1. The Morgan fingerprint density at radius 2 is 2.46 bits per heavy atom. The molecule has 13 heavy (non-hydrogen) atoms. The minimum absolute atomic E-state index is 0.445. The predicted octanol–water partition coefficient (Wildman–Crippen LogP) is 1.40. The highest BCUT2D eigenvalue weighted by atomic mass is 15.0. The van der Waals surface area contributed by atoms with Crippen LogP contribution in [0, 0.1) is 6.92 Å². The molecule has 0 aliphatic carbocycles. The van der Waals surface area contributed by atoms with Crippen LogP contribution >= 0.6 is 0 Å². The summed E-state index contributed by atoms with van der Waals surface area (Å²) >= 11 is 0. The SMILES string of the molecule is Cc1cc(N)cnc1[C@@H]1CCCN1. The van der Waals surface area contributed by atoms with Crippen molar-refractivity contribution in [1.29, 1.82) is 0 Å². The van der Waals surface area contributed by atoms with Gasteiger partial charge in [-0.2, -0.15) is 0 Å². The van der Waals surface area contributed by atoms with E-state index in [1.54, 1.807) is 6.20 Å². The third kappa shape index (κ3) is 1.65. The fourth-order valence-electron chi connectivity index (χ4n) is 1.89. The number of nitrogen functional groups attached to an aromatic ring is 1. The lowest BCUT2D eigenvalue weighted by atomic mass is 10.1. The van der Waals surface area contributed by atoms with E-state index in [0.717, 1.165) is 17.9 Å². The van der Waals surface area contributed by atoms with Crippen LogP contribution in [0.25, 0.3) is 0 Å². The van der Waals surface area contributed by atoms with E-state index >= 15 is 0 Å². The first-order valence-electron chi connectivity index (χ1n) is 4.73. The average molecular weight is 177 g/mol. The number of aryl methyl sites for hydroxylation is 1. The molecule has 2 rings (SSSR count). The normalized spacial score (nSPS) is 22.1. The van der Waals surface area contributed by atoms with Crippen LogP contribution in [-0.2, 0) is 0 Å². The van der Waals surface area contributed by atoms with Gasteiger partial charge in [0.2, 0.25) is 0 Å². The van der Waals surface area contributed by atoms with Crippen molar-refractivity contribution >= 4 is 5.69 Å². The Morgan fingerprint density at radius 1 is 1.62 bits per heavy atom.